The first-order valence-electron chi connectivity index (χ1n) is 7.76. The number of hydrogen-bond acceptors (Lipinski definition) is 8. The Balaban J connectivity index is 1.69. The lowest BCUT2D eigenvalue weighted by Gasteiger charge is -2.12. The van der Waals surface area contributed by atoms with E-state index in [-0.39, 0.29) is 6.10 Å². The Labute approximate surface area is 139 Å². The molecule has 126 valence electrons. The van der Waals surface area contributed by atoms with Crippen molar-refractivity contribution in [2.75, 3.05) is 30.9 Å². The van der Waals surface area contributed by atoms with Gasteiger partial charge in [-0.25, -0.2) is 4.79 Å². The minimum absolute atomic E-state index is 0.205. The van der Waals surface area contributed by atoms with Crippen LogP contribution in [-0.4, -0.2) is 47.5 Å². The van der Waals surface area contributed by atoms with Crippen LogP contribution < -0.4 is 10.6 Å². The van der Waals surface area contributed by atoms with Gasteiger partial charge in [0, 0.05) is 13.2 Å². The predicted molar refractivity (Wildman–Crippen MR) is 88.4 cm³/mol. The van der Waals surface area contributed by atoms with Crippen molar-refractivity contribution in [2.45, 2.75) is 18.9 Å². The number of nitrogens with zero attached hydrogens (tertiary/aromatic N) is 3. The van der Waals surface area contributed by atoms with E-state index in [0.29, 0.717) is 29.6 Å². The molecule has 24 heavy (non-hydrogen) atoms. The third kappa shape index (κ3) is 3.96. The van der Waals surface area contributed by atoms with E-state index in [4.69, 9.17) is 9.47 Å². The highest BCUT2D eigenvalue weighted by molar-refractivity contribution is 5.96. The van der Waals surface area contributed by atoms with E-state index >= 15 is 0 Å². The maximum Gasteiger partial charge on any atom is 0.339 e. The summed E-state index contributed by atoms with van der Waals surface area (Å²) in [5, 5.41) is 14.1. The smallest absolute Gasteiger partial charge is 0.339 e. The molecule has 3 rings (SSSR count). The average Bonchev–Trinajstić information content (AvgIpc) is 3.14. The first-order chi connectivity index (χ1) is 11.8. The topological polar surface area (TPSA) is 98.3 Å². The molecule has 1 aromatic heterocycles. The Morgan fingerprint density at radius 3 is 3.08 bits per heavy atom. The van der Waals surface area contributed by atoms with Crippen molar-refractivity contribution in [2.24, 2.45) is 0 Å². The molecule has 1 aliphatic rings. The number of benzene rings is 1. The Hall–Kier alpha value is -2.74. The normalized spacial score (nSPS) is 16.6. The van der Waals surface area contributed by atoms with Gasteiger partial charge in [0.1, 0.15) is 0 Å². The molecule has 2 heterocycles. The summed E-state index contributed by atoms with van der Waals surface area (Å²) in [6, 6.07) is 6.99. The zero-order valence-electron chi connectivity index (χ0n) is 13.4. The average molecular weight is 329 g/mol. The van der Waals surface area contributed by atoms with E-state index in [9.17, 15) is 4.79 Å². The largest absolute Gasteiger partial charge is 0.465 e. The number of carbonyl (C=O) groups excluding carboxylic acids is 1. The van der Waals surface area contributed by atoms with Crippen molar-refractivity contribution in [3.63, 3.8) is 0 Å². The van der Waals surface area contributed by atoms with Gasteiger partial charge in [0.15, 0.2) is 5.82 Å². The maximum atomic E-state index is 11.8. The van der Waals surface area contributed by atoms with Gasteiger partial charge in [-0.15, -0.1) is 5.10 Å². The van der Waals surface area contributed by atoms with E-state index in [1.165, 1.54) is 7.11 Å². The van der Waals surface area contributed by atoms with Crippen LogP contribution >= 0.6 is 0 Å². The molecule has 1 atom stereocenters. The summed E-state index contributed by atoms with van der Waals surface area (Å²) in [6.45, 7) is 1.49. The van der Waals surface area contributed by atoms with Gasteiger partial charge < -0.3 is 20.1 Å². The van der Waals surface area contributed by atoms with Gasteiger partial charge in [-0.1, -0.05) is 12.1 Å². The first-order valence-corrected chi connectivity index (χ1v) is 7.76. The van der Waals surface area contributed by atoms with Crippen LogP contribution in [0.3, 0.4) is 0 Å². The first kappa shape index (κ1) is 16.1. The highest BCUT2D eigenvalue weighted by Gasteiger charge is 2.16. The monoisotopic (exact) mass is 329 g/mol. The molecule has 1 fully saturated rings. The van der Waals surface area contributed by atoms with Crippen LogP contribution in [-0.2, 0) is 9.47 Å². The molecule has 0 bridgehead atoms. The fourth-order valence-corrected chi connectivity index (χ4v) is 2.47. The molecule has 2 N–H and O–H groups in total. The lowest BCUT2D eigenvalue weighted by molar-refractivity contribution is 0.0602. The number of nitrogens with one attached hydrogen (secondary N) is 2. The van der Waals surface area contributed by atoms with E-state index in [0.717, 1.165) is 19.4 Å². The van der Waals surface area contributed by atoms with Crippen LogP contribution in [0.2, 0.25) is 0 Å². The SMILES string of the molecule is COC(=O)c1ccccc1Nc1nncc(NCC2CCCO2)n1. The van der Waals surface area contributed by atoms with Gasteiger partial charge in [-0.3, -0.25) is 0 Å². The highest BCUT2D eigenvalue weighted by atomic mass is 16.5. The highest BCUT2D eigenvalue weighted by Crippen LogP contribution is 2.20. The zero-order valence-corrected chi connectivity index (χ0v) is 13.4. The third-order valence-electron chi connectivity index (χ3n) is 3.67. The Kier molecular flexibility index (Phi) is 5.17. The molecule has 1 aliphatic heterocycles. The van der Waals surface area contributed by atoms with Gasteiger partial charge in [-0.2, -0.15) is 10.1 Å². The number of ether oxygens (including phenoxy) is 2. The van der Waals surface area contributed by atoms with Gasteiger partial charge in [-0.05, 0) is 25.0 Å². The summed E-state index contributed by atoms with van der Waals surface area (Å²) < 4.78 is 10.3. The molecule has 0 radical (unpaired) electrons. The third-order valence-corrected chi connectivity index (χ3v) is 3.67. The van der Waals surface area contributed by atoms with Crippen molar-refractivity contribution < 1.29 is 14.3 Å². The second-order valence-corrected chi connectivity index (χ2v) is 5.34. The molecular formula is C16H19N5O3. The fourth-order valence-electron chi connectivity index (χ4n) is 2.47. The van der Waals surface area contributed by atoms with Gasteiger partial charge in [0.2, 0.25) is 5.95 Å². The fraction of sp³-hybridized carbons (Fsp3) is 0.375. The summed E-state index contributed by atoms with van der Waals surface area (Å²) in [5.41, 5.74) is 0.962. The van der Waals surface area contributed by atoms with E-state index in [2.05, 4.69) is 25.8 Å². The Morgan fingerprint density at radius 2 is 2.29 bits per heavy atom. The molecule has 8 heteroatoms. The number of aromatic nitrogens is 3. The Morgan fingerprint density at radius 1 is 1.42 bits per heavy atom. The molecule has 1 saturated heterocycles. The quantitative estimate of drug-likeness (QED) is 0.777. The van der Waals surface area contributed by atoms with E-state index < -0.39 is 5.97 Å². The molecule has 1 aromatic carbocycles. The molecule has 2 aromatic rings. The van der Waals surface area contributed by atoms with E-state index in [1.54, 1.807) is 24.4 Å². The summed E-state index contributed by atoms with van der Waals surface area (Å²) in [4.78, 5) is 16.1. The molecule has 0 spiro atoms. The number of esters is 1. The number of rotatable bonds is 6. The molecule has 0 amide bonds. The zero-order chi connectivity index (χ0) is 16.8. The van der Waals surface area contributed by atoms with Gasteiger partial charge >= 0.3 is 5.97 Å². The van der Waals surface area contributed by atoms with Crippen LogP contribution in [0.15, 0.2) is 30.5 Å². The van der Waals surface area contributed by atoms with Gasteiger partial charge in [0.25, 0.3) is 0 Å². The summed E-state index contributed by atoms with van der Waals surface area (Å²) in [6.07, 6.45) is 3.89. The second-order valence-electron chi connectivity index (χ2n) is 5.34. The molecule has 8 nitrogen and oxygen atoms in total. The Bertz CT molecular complexity index is 704. The molecule has 0 saturated carbocycles. The van der Waals surface area contributed by atoms with E-state index in [1.807, 2.05) is 6.07 Å². The van der Waals surface area contributed by atoms with Crippen molar-refractivity contribution in [3.8, 4) is 0 Å². The number of carbonyl (C=O) groups is 1. The minimum Gasteiger partial charge on any atom is -0.465 e. The second kappa shape index (κ2) is 7.69. The van der Waals surface area contributed by atoms with Crippen molar-refractivity contribution in [3.05, 3.63) is 36.0 Å². The lowest BCUT2D eigenvalue weighted by Crippen LogP contribution is -2.19. The number of anilines is 3. The summed E-state index contributed by atoms with van der Waals surface area (Å²) in [7, 11) is 1.34. The van der Waals surface area contributed by atoms with Crippen LogP contribution in [0, 0.1) is 0 Å². The molecular weight excluding hydrogens is 310 g/mol. The maximum absolute atomic E-state index is 11.8. The molecule has 0 aliphatic carbocycles. The van der Waals surface area contributed by atoms with Crippen molar-refractivity contribution in [1.82, 2.24) is 15.2 Å². The lowest BCUT2D eigenvalue weighted by atomic mass is 10.2. The molecule has 1 unspecified atom stereocenters. The number of para-hydroxylation sites is 1. The van der Waals surface area contributed by atoms with Crippen molar-refractivity contribution >= 4 is 23.4 Å². The summed E-state index contributed by atoms with van der Waals surface area (Å²) >= 11 is 0. The number of methoxy groups -OCH3 is 1. The van der Waals surface area contributed by atoms with Crippen LogP contribution in [0.5, 0.6) is 0 Å². The predicted octanol–water partition coefficient (Wildman–Crippen LogP) is 1.99. The standard InChI is InChI=1S/C16H19N5O3/c1-23-15(22)12-6-2-3-7-13(12)19-16-20-14(10-18-21-16)17-9-11-5-4-8-24-11/h2-3,6-7,10-11H,4-5,8-9H2,1H3,(H2,17,19,20,21). The van der Waals surface area contributed by atoms with Gasteiger partial charge in [0.05, 0.1) is 30.7 Å². The number of hydrogen-bond donors (Lipinski definition) is 2. The van der Waals surface area contributed by atoms with Crippen LogP contribution in [0.1, 0.15) is 23.2 Å². The minimum atomic E-state index is -0.432. The summed E-state index contributed by atoms with van der Waals surface area (Å²) in [5.74, 6) is 0.459. The van der Waals surface area contributed by atoms with Crippen molar-refractivity contribution in [1.29, 1.82) is 0 Å². The van der Waals surface area contributed by atoms with Crippen LogP contribution in [0.4, 0.5) is 17.5 Å². The van der Waals surface area contributed by atoms with Crippen LogP contribution in [0.25, 0.3) is 0 Å².